The van der Waals surface area contributed by atoms with Crippen molar-refractivity contribution in [3.8, 4) is 0 Å². The molecule has 0 heterocycles. The normalized spacial score (nSPS) is 9.73. The molecule has 0 saturated heterocycles. The fourth-order valence-corrected chi connectivity index (χ4v) is 0.777. The number of ether oxygens (including phenoxy) is 1. The van der Waals surface area contributed by atoms with Crippen LogP contribution in [0.4, 0.5) is 0 Å². The average Bonchev–Trinajstić information content (AvgIpc) is 2.03. The number of hydrogen-bond acceptors (Lipinski definition) is 2. The second kappa shape index (κ2) is 6.43. The molecule has 0 aliphatic rings. The van der Waals surface area contributed by atoms with Crippen molar-refractivity contribution in [1.29, 1.82) is 0 Å². The lowest BCUT2D eigenvalue weighted by atomic mass is 10.5. The molecule has 0 aliphatic carbocycles. The summed E-state index contributed by atoms with van der Waals surface area (Å²) < 4.78 is 5.06. The molecule has 4 heteroatoms. The van der Waals surface area contributed by atoms with Gasteiger partial charge in [-0.15, -0.1) is 11.6 Å². The standard InChI is InChI=1S/C7H14ClNO2/c1-3-11-5-4-9(2)7(10)6-8/h3-6H2,1-2H3. The Labute approximate surface area is 72.3 Å². The highest BCUT2D eigenvalue weighted by molar-refractivity contribution is 6.27. The summed E-state index contributed by atoms with van der Waals surface area (Å²) in [5.41, 5.74) is 0. The molecule has 0 saturated carbocycles. The lowest BCUT2D eigenvalue weighted by molar-refractivity contribution is -0.127. The summed E-state index contributed by atoms with van der Waals surface area (Å²) in [7, 11) is 1.71. The highest BCUT2D eigenvalue weighted by Crippen LogP contribution is 1.87. The van der Waals surface area contributed by atoms with E-state index in [2.05, 4.69) is 0 Å². The third-order valence-electron chi connectivity index (χ3n) is 1.32. The van der Waals surface area contributed by atoms with Crippen LogP contribution in [0.1, 0.15) is 6.92 Å². The van der Waals surface area contributed by atoms with Crippen LogP contribution in [-0.4, -0.2) is 43.5 Å². The van der Waals surface area contributed by atoms with Gasteiger partial charge in [0.2, 0.25) is 5.91 Å². The van der Waals surface area contributed by atoms with E-state index < -0.39 is 0 Å². The molecule has 0 aliphatic heterocycles. The number of alkyl halides is 1. The predicted octanol–water partition coefficient (Wildman–Crippen LogP) is 0.720. The van der Waals surface area contributed by atoms with E-state index in [9.17, 15) is 4.79 Å². The van der Waals surface area contributed by atoms with E-state index in [0.29, 0.717) is 19.8 Å². The van der Waals surface area contributed by atoms with Gasteiger partial charge in [-0.2, -0.15) is 0 Å². The SMILES string of the molecule is CCOCCN(C)C(=O)CCl. The Morgan fingerprint density at radius 2 is 2.27 bits per heavy atom. The topological polar surface area (TPSA) is 29.5 Å². The molecule has 3 nitrogen and oxygen atoms in total. The molecule has 0 N–H and O–H groups in total. The molecule has 11 heavy (non-hydrogen) atoms. The van der Waals surface area contributed by atoms with Gasteiger partial charge in [0.25, 0.3) is 0 Å². The van der Waals surface area contributed by atoms with Crippen LogP contribution in [0, 0.1) is 0 Å². The summed E-state index contributed by atoms with van der Waals surface area (Å²) >= 11 is 5.33. The third-order valence-corrected chi connectivity index (χ3v) is 1.54. The van der Waals surface area contributed by atoms with E-state index in [0.717, 1.165) is 0 Å². The fourth-order valence-electron chi connectivity index (χ4n) is 0.573. The Morgan fingerprint density at radius 1 is 1.64 bits per heavy atom. The van der Waals surface area contributed by atoms with Gasteiger partial charge in [-0.3, -0.25) is 4.79 Å². The van der Waals surface area contributed by atoms with Crippen molar-refractivity contribution in [2.75, 3.05) is 32.7 Å². The first kappa shape index (κ1) is 10.7. The molecule has 1 amide bonds. The third kappa shape index (κ3) is 5.04. The molecule has 0 aromatic heterocycles. The van der Waals surface area contributed by atoms with E-state index in [1.165, 1.54) is 0 Å². The number of amides is 1. The first-order valence-electron chi connectivity index (χ1n) is 3.60. The van der Waals surface area contributed by atoms with Gasteiger partial charge in [-0.1, -0.05) is 0 Å². The zero-order valence-corrected chi connectivity index (χ0v) is 7.73. The Morgan fingerprint density at radius 3 is 2.73 bits per heavy atom. The van der Waals surface area contributed by atoms with Crippen LogP contribution in [-0.2, 0) is 9.53 Å². The highest BCUT2D eigenvalue weighted by Gasteiger charge is 2.04. The first-order valence-corrected chi connectivity index (χ1v) is 4.13. The molecule has 0 fully saturated rings. The van der Waals surface area contributed by atoms with Gasteiger partial charge in [0.1, 0.15) is 5.88 Å². The number of rotatable bonds is 5. The van der Waals surface area contributed by atoms with Crippen LogP contribution >= 0.6 is 11.6 Å². The summed E-state index contributed by atoms with van der Waals surface area (Å²) in [5.74, 6) is -0.0193. The molecule has 0 unspecified atom stereocenters. The maximum Gasteiger partial charge on any atom is 0.237 e. The lowest BCUT2D eigenvalue weighted by Gasteiger charge is -2.14. The van der Waals surface area contributed by atoms with Gasteiger partial charge in [0.15, 0.2) is 0 Å². The van der Waals surface area contributed by atoms with Gasteiger partial charge in [0.05, 0.1) is 6.61 Å². The number of likely N-dealkylation sites (N-methyl/N-ethyl adjacent to an activating group) is 1. The Bertz CT molecular complexity index is 119. The largest absolute Gasteiger partial charge is 0.380 e. The van der Waals surface area contributed by atoms with E-state index in [1.807, 2.05) is 6.92 Å². The van der Waals surface area contributed by atoms with Crippen molar-refractivity contribution in [2.45, 2.75) is 6.92 Å². The zero-order chi connectivity index (χ0) is 8.69. The van der Waals surface area contributed by atoms with Crippen molar-refractivity contribution in [2.24, 2.45) is 0 Å². The zero-order valence-electron chi connectivity index (χ0n) is 6.97. The maximum atomic E-state index is 10.8. The highest BCUT2D eigenvalue weighted by atomic mass is 35.5. The van der Waals surface area contributed by atoms with Crippen LogP contribution in [0.15, 0.2) is 0 Å². The van der Waals surface area contributed by atoms with Crippen LogP contribution in [0.25, 0.3) is 0 Å². The fraction of sp³-hybridized carbons (Fsp3) is 0.857. The molecule has 0 atom stereocenters. The molecule has 0 radical (unpaired) electrons. The maximum absolute atomic E-state index is 10.8. The van der Waals surface area contributed by atoms with Crippen LogP contribution in [0.5, 0.6) is 0 Å². The number of carbonyl (C=O) groups is 1. The van der Waals surface area contributed by atoms with Crippen LogP contribution < -0.4 is 0 Å². The monoisotopic (exact) mass is 179 g/mol. The Kier molecular flexibility index (Phi) is 6.27. The van der Waals surface area contributed by atoms with Gasteiger partial charge in [-0.05, 0) is 6.92 Å². The second-order valence-electron chi connectivity index (χ2n) is 2.15. The minimum atomic E-state index is -0.0635. The smallest absolute Gasteiger partial charge is 0.237 e. The number of nitrogens with zero attached hydrogens (tertiary/aromatic N) is 1. The molecular weight excluding hydrogens is 166 g/mol. The number of hydrogen-bond donors (Lipinski definition) is 0. The van der Waals surface area contributed by atoms with Crippen molar-refractivity contribution in [1.82, 2.24) is 4.90 Å². The van der Waals surface area contributed by atoms with Crippen LogP contribution in [0.3, 0.4) is 0 Å². The number of halogens is 1. The molecule has 0 aromatic rings. The molecule has 0 aromatic carbocycles. The summed E-state index contributed by atoms with van der Waals surface area (Å²) in [6.45, 7) is 3.79. The van der Waals surface area contributed by atoms with E-state index in [-0.39, 0.29) is 11.8 Å². The average molecular weight is 180 g/mol. The molecule has 66 valence electrons. The minimum absolute atomic E-state index is 0.0443. The van der Waals surface area contributed by atoms with E-state index in [4.69, 9.17) is 16.3 Å². The van der Waals surface area contributed by atoms with Gasteiger partial charge in [0, 0.05) is 20.2 Å². The van der Waals surface area contributed by atoms with Gasteiger partial charge in [-0.25, -0.2) is 0 Å². The second-order valence-corrected chi connectivity index (χ2v) is 2.41. The Balaban J connectivity index is 3.36. The van der Waals surface area contributed by atoms with Crippen molar-refractivity contribution < 1.29 is 9.53 Å². The molecule has 0 bridgehead atoms. The molecule has 0 rings (SSSR count). The summed E-state index contributed by atoms with van der Waals surface area (Å²) in [5, 5.41) is 0. The minimum Gasteiger partial charge on any atom is -0.380 e. The summed E-state index contributed by atoms with van der Waals surface area (Å²) in [6.07, 6.45) is 0. The van der Waals surface area contributed by atoms with Crippen LogP contribution in [0.2, 0.25) is 0 Å². The summed E-state index contributed by atoms with van der Waals surface area (Å²) in [4.78, 5) is 12.4. The van der Waals surface area contributed by atoms with E-state index in [1.54, 1.807) is 11.9 Å². The van der Waals surface area contributed by atoms with E-state index >= 15 is 0 Å². The Hall–Kier alpha value is -0.280. The van der Waals surface area contributed by atoms with Gasteiger partial charge >= 0.3 is 0 Å². The summed E-state index contributed by atoms with van der Waals surface area (Å²) in [6, 6.07) is 0. The first-order chi connectivity index (χ1) is 5.22. The van der Waals surface area contributed by atoms with Crippen molar-refractivity contribution >= 4 is 17.5 Å². The molecule has 0 spiro atoms. The lowest BCUT2D eigenvalue weighted by Crippen LogP contribution is -2.30. The quantitative estimate of drug-likeness (QED) is 0.460. The van der Waals surface area contributed by atoms with Gasteiger partial charge < -0.3 is 9.64 Å². The van der Waals surface area contributed by atoms with Crippen molar-refractivity contribution in [3.63, 3.8) is 0 Å². The van der Waals surface area contributed by atoms with Crippen molar-refractivity contribution in [3.05, 3.63) is 0 Å². The number of carbonyl (C=O) groups excluding carboxylic acids is 1. The molecular formula is C7H14ClNO2. The predicted molar refractivity (Wildman–Crippen MR) is 44.9 cm³/mol.